The number of benzene rings is 2. The number of nitrogens with zero attached hydrogens (tertiary/aromatic N) is 2. The van der Waals surface area contributed by atoms with Crippen LogP contribution in [0.5, 0.6) is 0 Å². The quantitative estimate of drug-likeness (QED) is 0.640. The third-order valence-corrected chi connectivity index (χ3v) is 6.25. The van der Waals surface area contributed by atoms with E-state index in [-0.39, 0.29) is 5.92 Å². The lowest BCUT2D eigenvalue weighted by atomic mass is 9.84. The Bertz CT molecular complexity index is 1100. The molecule has 0 bridgehead atoms. The van der Waals surface area contributed by atoms with Crippen LogP contribution in [0.4, 0.5) is 0 Å². The van der Waals surface area contributed by atoms with Crippen LogP contribution in [0.25, 0.3) is 11.1 Å². The molecule has 0 saturated heterocycles. The molecule has 29 heavy (non-hydrogen) atoms. The maximum Gasteiger partial charge on any atom is 0.265 e. The van der Waals surface area contributed by atoms with Gasteiger partial charge in [-0.25, -0.2) is 0 Å². The molecule has 1 amide bonds. The molecule has 2 heterocycles. The van der Waals surface area contributed by atoms with Crippen molar-refractivity contribution in [3.63, 3.8) is 0 Å². The van der Waals surface area contributed by atoms with Gasteiger partial charge in [0.05, 0.1) is 0 Å². The van der Waals surface area contributed by atoms with Crippen LogP contribution in [-0.2, 0) is 13.6 Å². The summed E-state index contributed by atoms with van der Waals surface area (Å²) in [6.07, 6.45) is 1.93. The van der Waals surface area contributed by atoms with Crippen LogP contribution in [0.1, 0.15) is 38.7 Å². The normalized spacial score (nSPS) is 16.7. The first-order valence-corrected chi connectivity index (χ1v) is 10.2. The van der Waals surface area contributed by atoms with Crippen molar-refractivity contribution < 1.29 is 4.79 Å². The van der Waals surface area contributed by atoms with E-state index < -0.39 is 5.91 Å². The molecule has 150 valence electrons. The molecule has 2 aromatic carbocycles. The topological polar surface area (TPSA) is 51.3 Å². The molecular formula is C23H23Cl2N3O. The van der Waals surface area contributed by atoms with Gasteiger partial charge >= 0.3 is 0 Å². The number of carbonyl (C=O) groups excluding carboxylic acids is 1. The smallest absolute Gasteiger partial charge is 0.265 e. The predicted molar refractivity (Wildman–Crippen MR) is 119 cm³/mol. The Morgan fingerprint density at radius 2 is 1.83 bits per heavy atom. The summed E-state index contributed by atoms with van der Waals surface area (Å²) in [5.41, 5.74) is 12.5. The van der Waals surface area contributed by atoms with Crippen LogP contribution in [0.3, 0.4) is 0 Å². The molecule has 4 rings (SSSR count). The summed E-state index contributed by atoms with van der Waals surface area (Å²) in [5.74, 6) is -0.242. The highest BCUT2D eigenvalue weighted by Gasteiger charge is 2.27. The Morgan fingerprint density at radius 1 is 1.14 bits per heavy atom. The number of likely N-dealkylation sites (N-methyl/N-ethyl adjacent to an activating group) is 1. The maximum absolute atomic E-state index is 12.0. The summed E-state index contributed by atoms with van der Waals surface area (Å²) in [6.45, 7) is 3.69. The zero-order valence-corrected chi connectivity index (χ0v) is 18.2. The molecule has 1 atom stereocenters. The Morgan fingerprint density at radius 3 is 2.48 bits per heavy atom. The van der Waals surface area contributed by atoms with E-state index in [1.165, 1.54) is 11.1 Å². The molecule has 1 aromatic heterocycles. The van der Waals surface area contributed by atoms with Crippen molar-refractivity contribution in [1.29, 1.82) is 0 Å². The van der Waals surface area contributed by atoms with Gasteiger partial charge in [-0.05, 0) is 53.9 Å². The summed E-state index contributed by atoms with van der Waals surface area (Å²) in [7, 11) is 3.94. The minimum atomic E-state index is -0.424. The van der Waals surface area contributed by atoms with E-state index in [1.54, 1.807) is 4.57 Å². The zero-order valence-electron chi connectivity index (χ0n) is 16.7. The number of nitrogens with two attached hydrogens (primary N) is 1. The van der Waals surface area contributed by atoms with E-state index in [0.29, 0.717) is 15.7 Å². The average molecular weight is 428 g/mol. The monoisotopic (exact) mass is 427 g/mol. The number of amides is 1. The molecule has 0 radical (unpaired) electrons. The highest BCUT2D eigenvalue weighted by Crippen LogP contribution is 2.39. The van der Waals surface area contributed by atoms with Gasteiger partial charge in [0, 0.05) is 47.9 Å². The fraction of sp³-hybridized carbons (Fsp3) is 0.261. The first-order chi connectivity index (χ1) is 13.8. The first-order valence-electron chi connectivity index (χ1n) is 9.48. The zero-order chi connectivity index (χ0) is 20.9. The number of aryl methyl sites for hydroxylation is 2. The van der Waals surface area contributed by atoms with Gasteiger partial charge in [0.15, 0.2) is 0 Å². The van der Waals surface area contributed by atoms with Gasteiger partial charge in [0.25, 0.3) is 5.91 Å². The minimum Gasteiger partial charge on any atom is -0.364 e. The van der Waals surface area contributed by atoms with Crippen LogP contribution in [0, 0.1) is 6.92 Å². The Hall–Kier alpha value is -2.27. The van der Waals surface area contributed by atoms with Crippen molar-refractivity contribution in [2.24, 2.45) is 12.8 Å². The summed E-state index contributed by atoms with van der Waals surface area (Å²) in [6, 6.07) is 12.2. The molecule has 0 saturated carbocycles. The van der Waals surface area contributed by atoms with Gasteiger partial charge in [-0.1, -0.05) is 47.5 Å². The second-order valence-corrected chi connectivity index (χ2v) is 8.68. The number of rotatable bonds is 3. The van der Waals surface area contributed by atoms with Gasteiger partial charge in [0.2, 0.25) is 0 Å². The third-order valence-electron chi connectivity index (χ3n) is 5.70. The molecule has 1 unspecified atom stereocenters. The lowest BCUT2D eigenvalue weighted by molar-refractivity contribution is 0.0993. The lowest BCUT2D eigenvalue weighted by Gasteiger charge is -2.33. The first kappa shape index (κ1) is 20.0. The molecule has 1 aliphatic rings. The predicted octanol–water partition coefficient (Wildman–Crippen LogP) is 4.98. The summed E-state index contributed by atoms with van der Waals surface area (Å²) >= 11 is 12.8. The van der Waals surface area contributed by atoms with Crippen LogP contribution < -0.4 is 5.73 Å². The van der Waals surface area contributed by atoms with Gasteiger partial charge in [-0.15, -0.1) is 0 Å². The molecule has 3 aromatic rings. The Labute approximate surface area is 180 Å². The van der Waals surface area contributed by atoms with Crippen molar-refractivity contribution in [1.82, 2.24) is 9.47 Å². The second-order valence-electron chi connectivity index (χ2n) is 7.84. The lowest BCUT2D eigenvalue weighted by Crippen LogP contribution is -2.31. The number of fused-ring (bicyclic) bond motifs is 1. The van der Waals surface area contributed by atoms with Crippen molar-refractivity contribution in [3.05, 3.63) is 80.6 Å². The molecule has 2 N–H and O–H groups in total. The van der Waals surface area contributed by atoms with E-state index in [9.17, 15) is 4.79 Å². The Kier molecular flexibility index (Phi) is 5.19. The van der Waals surface area contributed by atoms with E-state index >= 15 is 0 Å². The molecule has 0 fully saturated rings. The number of hydrogen-bond acceptors (Lipinski definition) is 2. The van der Waals surface area contributed by atoms with Gasteiger partial charge in [-0.2, -0.15) is 0 Å². The standard InChI is InChI=1S/C23H23Cl2N3O/c1-13-10-28(3)22(23(26)29)21(13)15-6-4-14(5-7-15)18-11-27(2)12-19-17(18)8-16(24)9-20(19)25/h4-10,18H,11-12H2,1-3H3,(H2,26,29). The van der Waals surface area contributed by atoms with E-state index in [1.807, 2.05) is 32.3 Å². The van der Waals surface area contributed by atoms with Crippen LogP contribution in [0.2, 0.25) is 10.0 Å². The van der Waals surface area contributed by atoms with Gasteiger partial charge in [0.1, 0.15) is 5.69 Å². The number of primary amides is 1. The van der Waals surface area contributed by atoms with Crippen LogP contribution in [0.15, 0.2) is 42.6 Å². The molecule has 6 heteroatoms. The number of halogens is 2. The van der Waals surface area contributed by atoms with Crippen molar-refractivity contribution >= 4 is 29.1 Å². The molecule has 0 aliphatic carbocycles. The average Bonchev–Trinajstić information content (AvgIpc) is 2.96. The fourth-order valence-electron chi connectivity index (χ4n) is 4.46. The summed E-state index contributed by atoms with van der Waals surface area (Å²) in [4.78, 5) is 14.2. The SMILES string of the molecule is Cc1cn(C)c(C(N)=O)c1-c1ccc(C2CN(C)Cc3c(Cl)cc(Cl)cc32)cc1. The third kappa shape index (κ3) is 3.57. The second kappa shape index (κ2) is 7.52. The van der Waals surface area contributed by atoms with Crippen LogP contribution in [-0.4, -0.2) is 29.0 Å². The van der Waals surface area contributed by atoms with Gasteiger partial charge in [-0.3, -0.25) is 4.79 Å². The van der Waals surface area contributed by atoms with Crippen LogP contribution >= 0.6 is 23.2 Å². The maximum atomic E-state index is 12.0. The van der Waals surface area contributed by atoms with E-state index in [0.717, 1.165) is 35.3 Å². The molecule has 1 aliphatic heterocycles. The highest BCUT2D eigenvalue weighted by atomic mass is 35.5. The van der Waals surface area contributed by atoms with Crippen molar-refractivity contribution in [2.75, 3.05) is 13.6 Å². The summed E-state index contributed by atoms with van der Waals surface area (Å²) in [5, 5.41) is 1.37. The molecular weight excluding hydrogens is 405 g/mol. The van der Waals surface area contributed by atoms with E-state index in [4.69, 9.17) is 28.9 Å². The van der Waals surface area contributed by atoms with Crippen molar-refractivity contribution in [3.8, 4) is 11.1 Å². The largest absolute Gasteiger partial charge is 0.364 e. The van der Waals surface area contributed by atoms with E-state index in [2.05, 4.69) is 36.2 Å². The number of aromatic nitrogens is 1. The Balaban J connectivity index is 1.77. The number of carbonyl (C=O) groups is 1. The summed E-state index contributed by atoms with van der Waals surface area (Å²) < 4.78 is 1.79. The molecule has 0 spiro atoms. The van der Waals surface area contributed by atoms with Gasteiger partial charge < -0.3 is 15.2 Å². The number of hydrogen-bond donors (Lipinski definition) is 1. The fourth-order valence-corrected chi connectivity index (χ4v) is 5.03. The molecule has 4 nitrogen and oxygen atoms in total. The minimum absolute atomic E-state index is 0.182. The van der Waals surface area contributed by atoms with Crippen molar-refractivity contribution in [2.45, 2.75) is 19.4 Å². The highest BCUT2D eigenvalue weighted by molar-refractivity contribution is 6.35.